The van der Waals surface area contributed by atoms with Gasteiger partial charge in [0.2, 0.25) is 0 Å². The van der Waals surface area contributed by atoms with Crippen molar-refractivity contribution >= 4 is 43.5 Å². The van der Waals surface area contributed by atoms with Crippen LogP contribution in [0.25, 0.3) is 0 Å². The van der Waals surface area contributed by atoms with Gasteiger partial charge >= 0.3 is 0 Å². The second-order valence-electron chi connectivity index (χ2n) is 4.04. The zero-order valence-corrected chi connectivity index (χ0v) is 13.5. The number of benzene rings is 2. The Kier molecular flexibility index (Phi) is 4.46. The maximum atomic E-state index is 13.3. The van der Waals surface area contributed by atoms with Crippen molar-refractivity contribution in [3.63, 3.8) is 0 Å². The predicted octanol–water partition coefficient (Wildman–Crippen LogP) is 6.03. The molecule has 0 aliphatic heterocycles. The Morgan fingerprint density at radius 1 is 1.17 bits per heavy atom. The molecule has 0 radical (unpaired) electrons. The fourth-order valence-corrected chi connectivity index (χ4v) is 3.11. The van der Waals surface area contributed by atoms with Crippen LogP contribution in [-0.4, -0.2) is 0 Å². The van der Waals surface area contributed by atoms with Crippen LogP contribution in [0.1, 0.15) is 21.5 Å². The van der Waals surface area contributed by atoms with Crippen LogP contribution in [0, 0.1) is 12.7 Å². The number of halogens is 4. The van der Waals surface area contributed by atoms with Gasteiger partial charge in [-0.3, -0.25) is 0 Å². The van der Waals surface area contributed by atoms with Gasteiger partial charge in [0.05, 0.1) is 4.83 Å². The fourth-order valence-electron chi connectivity index (χ4n) is 1.71. The number of rotatable bonds is 2. The van der Waals surface area contributed by atoms with E-state index in [4.69, 9.17) is 11.6 Å². The van der Waals surface area contributed by atoms with E-state index in [0.717, 1.165) is 15.6 Å². The highest BCUT2D eigenvalue weighted by Crippen LogP contribution is 2.37. The second kappa shape index (κ2) is 5.72. The topological polar surface area (TPSA) is 0 Å². The Balaban J connectivity index is 2.44. The van der Waals surface area contributed by atoms with Crippen LogP contribution < -0.4 is 0 Å². The Morgan fingerprint density at radius 3 is 2.56 bits per heavy atom. The van der Waals surface area contributed by atoms with Crippen molar-refractivity contribution in [2.75, 3.05) is 0 Å². The fraction of sp³-hybridized carbons (Fsp3) is 0.143. The van der Waals surface area contributed by atoms with Gasteiger partial charge < -0.3 is 0 Å². The molecule has 4 heteroatoms. The summed E-state index contributed by atoms with van der Waals surface area (Å²) >= 11 is 13.2. The molecule has 0 bridgehead atoms. The quantitative estimate of drug-likeness (QED) is 0.547. The lowest BCUT2D eigenvalue weighted by Crippen LogP contribution is -1.96. The lowest BCUT2D eigenvalue weighted by molar-refractivity contribution is 0.618. The van der Waals surface area contributed by atoms with Crippen LogP contribution in [0.4, 0.5) is 4.39 Å². The van der Waals surface area contributed by atoms with Gasteiger partial charge in [0.1, 0.15) is 5.82 Å². The van der Waals surface area contributed by atoms with Gasteiger partial charge in [0.25, 0.3) is 0 Å². The second-order valence-corrected chi connectivity index (χ2v) is 6.28. The molecule has 0 fully saturated rings. The van der Waals surface area contributed by atoms with E-state index >= 15 is 0 Å². The molecule has 0 aliphatic carbocycles. The molecular formula is C14H10Br2ClF. The monoisotopic (exact) mass is 390 g/mol. The summed E-state index contributed by atoms with van der Waals surface area (Å²) in [6, 6.07) is 10.8. The lowest BCUT2D eigenvalue weighted by Gasteiger charge is -2.14. The van der Waals surface area contributed by atoms with Crippen molar-refractivity contribution in [2.45, 2.75) is 11.8 Å². The van der Waals surface area contributed by atoms with E-state index in [9.17, 15) is 4.39 Å². The van der Waals surface area contributed by atoms with Gasteiger partial charge in [-0.15, -0.1) is 0 Å². The summed E-state index contributed by atoms with van der Waals surface area (Å²) in [7, 11) is 0. The zero-order valence-electron chi connectivity index (χ0n) is 9.55. The minimum atomic E-state index is -0.196. The van der Waals surface area contributed by atoms with Crippen LogP contribution in [0.15, 0.2) is 40.9 Å². The van der Waals surface area contributed by atoms with E-state index in [1.807, 2.05) is 24.3 Å². The number of hydrogen-bond donors (Lipinski definition) is 0. The highest BCUT2D eigenvalue weighted by Gasteiger charge is 2.15. The molecule has 0 amide bonds. The van der Waals surface area contributed by atoms with E-state index in [2.05, 4.69) is 31.9 Å². The van der Waals surface area contributed by atoms with Crippen molar-refractivity contribution in [3.8, 4) is 0 Å². The molecule has 0 saturated heterocycles. The van der Waals surface area contributed by atoms with E-state index in [0.29, 0.717) is 10.6 Å². The molecule has 18 heavy (non-hydrogen) atoms. The Labute approximate surface area is 127 Å². The van der Waals surface area contributed by atoms with Crippen LogP contribution in [0.2, 0.25) is 5.02 Å². The van der Waals surface area contributed by atoms with E-state index in [1.54, 1.807) is 13.0 Å². The molecule has 0 aromatic heterocycles. The largest absolute Gasteiger partial charge is 0.207 e. The van der Waals surface area contributed by atoms with E-state index in [-0.39, 0.29) is 10.6 Å². The van der Waals surface area contributed by atoms with Crippen molar-refractivity contribution in [2.24, 2.45) is 0 Å². The standard InChI is InChI=1S/C14H10Br2ClF/c1-8-6-9(2-5-13(8)18)14(16)11-7-10(15)3-4-12(11)17/h2-7,14H,1H3. The third-order valence-corrected chi connectivity index (χ3v) is 4.57. The molecule has 2 aromatic carbocycles. The number of aryl methyl sites for hydroxylation is 1. The van der Waals surface area contributed by atoms with Crippen molar-refractivity contribution in [3.05, 3.63) is 68.4 Å². The van der Waals surface area contributed by atoms with Crippen molar-refractivity contribution < 1.29 is 4.39 Å². The highest BCUT2D eigenvalue weighted by molar-refractivity contribution is 9.10. The summed E-state index contributed by atoms with van der Waals surface area (Å²) < 4.78 is 14.2. The predicted molar refractivity (Wildman–Crippen MR) is 81.1 cm³/mol. The van der Waals surface area contributed by atoms with E-state index in [1.165, 1.54) is 6.07 Å². The van der Waals surface area contributed by atoms with Gasteiger partial charge in [0, 0.05) is 9.50 Å². The van der Waals surface area contributed by atoms with Crippen molar-refractivity contribution in [1.29, 1.82) is 0 Å². The number of hydrogen-bond acceptors (Lipinski definition) is 0. The summed E-state index contributed by atoms with van der Waals surface area (Å²) in [5, 5.41) is 0.682. The Morgan fingerprint density at radius 2 is 1.89 bits per heavy atom. The molecule has 2 aromatic rings. The minimum absolute atomic E-state index is 0.0539. The van der Waals surface area contributed by atoms with Gasteiger partial charge in [-0.05, 0) is 47.9 Å². The third kappa shape index (κ3) is 2.95. The first-order valence-electron chi connectivity index (χ1n) is 5.34. The van der Waals surface area contributed by atoms with Gasteiger partial charge in [-0.1, -0.05) is 55.6 Å². The van der Waals surface area contributed by atoms with Crippen LogP contribution in [-0.2, 0) is 0 Å². The molecule has 1 atom stereocenters. The first kappa shape index (κ1) is 14.0. The first-order valence-corrected chi connectivity index (χ1v) is 7.43. The van der Waals surface area contributed by atoms with Crippen LogP contribution in [0.3, 0.4) is 0 Å². The van der Waals surface area contributed by atoms with Gasteiger partial charge in [-0.25, -0.2) is 4.39 Å². The molecule has 0 aliphatic rings. The summed E-state index contributed by atoms with van der Waals surface area (Å²) in [5.41, 5.74) is 2.56. The molecule has 94 valence electrons. The molecule has 0 saturated carbocycles. The summed E-state index contributed by atoms with van der Waals surface area (Å²) in [5.74, 6) is -0.196. The molecule has 0 N–H and O–H groups in total. The third-order valence-electron chi connectivity index (χ3n) is 2.71. The molecular weight excluding hydrogens is 382 g/mol. The molecule has 0 heterocycles. The normalized spacial score (nSPS) is 12.5. The average Bonchev–Trinajstić information content (AvgIpc) is 2.35. The Hall–Kier alpha value is -0.380. The zero-order chi connectivity index (χ0) is 13.3. The van der Waals surface area contributed by atoms with Crippen LogP contribution in [0.5, 0.6) is 0 Å². The maximum absolute atomic E-state index is 13.3. The molecule has 0 nitrogen and oxygen atoms in total. The smallest absolute Gasteiger partial charge is 0.126 e. The summed E-state index contributed by atoms with van der Waals surface area (Å²) in [4.78, 5) is -0.0539. The Bertz CT molecular complexity index is 584. The lowest BCUT2D eigenvalue weighted by atomic mass is 10.0. The first-order chi connectivity index (χ1) is 8.49. The minimum Gasteiger partial charge on any atom is -0.207 e. The average molecular weight is 392 g/mol. The van der Waals surface area contributed by atoms with Crippen LogP contribution >= 0.6 is 43.5 Å². The number of alkyl halides is 1. The summed E-state index contributed by atoms with van der Waals surface area (Å²) in [6.45, 7) is 1.75. The van der Waals surface area contributed by atoms with Gasteiger partial charge in [-0.2, -0.15) is 0 Å². The molecule has 2 rings (SSSR count). The molecule has 0 spiro atoms. The SMILES string of the molecule is Cc1cc(C(Br)c2cc(Br)ccc2Cl)ccc1F. The molecule has 1 unspecified atom stereocenters. The summed E-state index contributed by atoms with van der Waals surface area (Å²) in [6.07, 6.45) is 0. The van der Waals surface area contributed by atoms with Crippen molar-refractivity contribution in [1.82, 2.24) is 0 Å². The highest BCUT2D eigenvalue weighted by atomic mass is 79.9. The van der Waals surface area contributed by atoms with Gasteiger partial charge in [0.15, 0.2) is 0 Å². The maximum Gasteiger partial charge on any atom is 0.126 e. The van der Waals surface area contributed by atoms with E-state index < -0.39 is 0 Å².